The third kappa shape index (κ3) is 3.65. The maximum atomic E-state index is 9.42. The number of hydrogen-bond donors (Lipinski definition) is 0. The summed E-state index contributed by atoms with van der Waals surface area (Å²) in [4.78, 5) is 0. The lowest BCUT2D eigenvalue weighted by atomic mass is 9.68. The van der Waals surface area contributed by atoms with E-state index in [1.165, 1.54) is 5.56 Å². The number of fused-ring (bicyclic) bond motifs is 1. The molecule has 1 spiro atoms. The van der Waals surface area contributed by atoms with Gasteiger partial charge in [-0.2, -0.15) is 5.26 Å². The molecule has 144 valence electrons. The van der Waals surface area contributed by atoms with Crippen molar-refractivity contribution >= 4 is 28.8 Å². The van der Waals surface area contributed by atoms with Gasteiger partial charge in [-0.15, -0.1) is 0 Å². The van der Waals surface area contributed by atoms with Crippen molar-refractivity contribution in [2.45, 2.75) is 38.2 Å². The Bertz CT molecular complexity index is 949. The van der Waals surface area contributed by atoms with Crippen LogP contribution in [0.25, 0.3) is 5.57 Å². The summed E-state index contributed by atoms with van der Waals surface area (Å²) in [5.41, 5.74) is 3.55. The van der Waals surface area contributed by atoms with Crippen LogP contribution >= 0.6 is 23.2 Å². The maximum Gasteiger partial charge on any atom is 0.130 e. The van der Waals surface area contributed by atoms with E-state index in [1.807, 2.05) is 12.1 Å². The lowest BCUT2D eigenvalue weighted by molar-refractivity contribution is 0.0447. The molecule has 0 heterocycles. The molecule has 1 fully saturated rings. The zero-order valence-corrected chi connectivity index (χ0v) is 17.2. The van der Waals surface area contributed by atoms with Crippen LogP contribution in [0.5, 0.6) is 11.5 Å². The predicted octanol–water partition coefficient (Wildman–Crippen LogP) is 6.82. The molecule has 2 aromatic carbocycles. The van der Waals surface area contributed by atoms with E-state index in [4.69, 9.17) is 32.7 Å². The van der Waals surface area contributed by atoms with Crippen molar-refractivity contribution in [1.29, 1.82) is 5.26 Å². The van der Waals surface area contributed by atoms with Gasteiger partial charge in [0.2, 0.25) is 0 Å². The molecule has 0 bridgehead atoms. The number of halogens is 2. The third-order valence-corrected chi connectivity index (χ3v) is 6.41. The number of methoxy groups -OCH3 is 1. The summed E-state index contributed by atoms with van der Waals surface area (Å²) in [6.07, 6.45) is 7.13. The van der Waals surface area contributed by atoms with E-state index in [0.29, 0.717) is 27.6 Å². The highest BCUT2D eigenvalue weighted by atomic mass is 35.5. The lowest BCUT2D eigenvalue weighted by Gasteiger charge is -2.38. The molecule has 0 unspecified atom stereocenters. The van der Waals surface area contributed by atoms with Gasteiger partial charge in [0, 0.05) is 28.6 Å². The van der Waals surface area contributed by atoms with Crippen LogP contribution in [0.4, 0.5) is 0 Å². The first-order chi connectivity index (χ1) is 13.5. The van der Waals surface area contributed by atoms with Gasteiger partial charge in [0.1, 0.15) is 11.5 Å². The largest absolute Gasteiger partial charge is 0.457 e. The Labute approximate surface area is 175 Å². The summed E-state index contributed by atoms with van der Waals surface area (Å²) in [5, 5.41) is 10.5. The number of nitrogens with zero attached hydrogens (tertiary/aromatic N) is 1. The van der Waals surface area contributed by atoms with Gasteiger partial charge in [-0.1, -0.05) is 29.3 Å². The highest BCUT2D eigenvalue weighted by Gasteiger charge is 2.44. The summed E-state index contributed by atoms with van der Waals surface area (Å²) in [5.74, 6) is 1.31. The van der Waals surface area contributed by atoms with Crippen LogP contribution in [0.3, 0.4) is 0 Å². The Balaban J connectivity index is 1.65. The van der Waals surface area contributed by atoms with Gasteiger partial charge in [-0.25, -0.2) is 0 Å². The van der Waals surface area contributed by atoms with Gasteiger partial charge in [-0.05, 0) is 79.1 Å². The Hall–Kier alpha value is -1.99. The fraction of sp³-hybridized carbons (Fsp3) is 0.348. The van der Waals surface area contributed by atoms with E-state index < -0.39 is 0 Å². The first-order valence-electron chi connectivity index (χ1n) is 9.43. The van der Waals surface area contributed by atoms with E-state index >= 15 is 0 Å². The second-order valence-corrected chi connectivity index (χ2v) is 8.48. The SMILES string of the molecule is COC1CCC2(CC1)Cc1ccc(Oc3cc(Cl)cc(Cl)c3)cc1/C2=C\C#N. The number of allylic oxidation sites excluding steroid dienone is 2. The van der Waals surface area contributed by atoms with Gasteiger partial charge in [0.05, 0.1) is 12.2 Å². The van der Waals surface area contributed by atoms with E-state index in [2.05, 4.69) is 12.1 Å². The van der Waals surface area contributed by atoms with Crippen LogP contribution in [0.2, 0.25) is 10.0 Å². The molecular formula is C23H21Cl2NO2. The van der Waals surface area contributed by atoms with Crippen LogP contribution in [0, 0.1) is 16.7 Å². The average molecular weight is 414 g/mol. The van der Waals surface area contributed by atoms with Crippen LogP contribution < -0.4 is 4.74 Å². The second-order valence-electron chi connectivity index (χ2n) is 7.61. The molecule has 5 heteroatoms. The minimum absolute atomic E-state index is 0.0328. The molecular weight excluding hydrogens is 393 g/mol. The van der Waals surface area contributed by atoms with Crippen LogP contribution in [-0.2, 0) is 11.2 Å². The molecule has 0 N–H and O–H groups in total. The predicted molar refractivity (Wildman–Crippen MR) is 112 cm³/mol. The van der Waals surface area contributed by atoms with Crippen molar-refractivity contribution in [1.82, 2.24) is 0 Å². The Morgan fingerprint density at radius 3 is 2.43 bits per heavy atom. The molecule has 4 rings (SSSR count). The first-order valence-corrected chi connectivity index (χ1v) is 10.2. The lowest BCUT2D eigenvalue weighted by Crippen LogP contribution is -2.30. The van der Waals surface area contributed by atoms with Gasteiger partial charge in [-0.3, -0.25) is 0 Å². The van der Waals surface area contributed by atoms with Crippen molar-refractivity contribution in [3.63, 3.8) is 0 Å². The fourth-order valence-electron chi connectivity index (χ4n) is 4.61. The van der Waals surface area contributed by atoms with Crippen molar-refractivity contribution in [2.75, 3.05) is 7.11 Å². The van der Waals surface area contributed by atoms with E-state index in [9.17, 15) is 5.26 Å². The molecule has 2 aliphatic rings. The third-order valence-electron chi connectivity index (χ3n) is 5.98. The van der Waals surface area contributed by atoms with Crippen LogP contribution in [0.15, 0.2) is 42.5 Å². The van der Waals surface area contributed by atoms with Gasteiger partial charge >= 0.3 is 0 Å². The van der Waals surface area contributed by atoms with Gasteiger partial charge in [0.25, 0.3) is 0 Å². The Morgan fingerprint density at radius 2 is 1.79 bits per heavy atom. The molecule has 0 aliphatic heterocycles. The van der Waals surface area contributed by atoms with E-state index in [-0.39, 0.29) is 5.41 Å². The van der Waals surface area contributed by atoms with Gasteiger partial charge in [0.15, 0.2) is 0 Å². The Morgan fingerprint density at radius 1 is 1.07 bits per heavy atom. The summed E-state index contributed by atoms with van der Waals surface area (Å²) in [6, 6.07) is 13.5. The molecule has 28 heavy (non-hydrogen) atoms. The number of nitriles is 1. The number of hydrogen-bond acceptors (Lipinski definition) is 3. The quantitative estimate of drug-likeness (QED) is 0.518. The van der Waals surface area contributed by atoms with Crippen molar-refractivity contribution < 1.29 is 9.47 Å². The summed E-state index contributed by atoms with van der Waals surface area (Å²) < 4.78 is 11.5. The number of rotatable bonds is 3. The van der Waals surface area contributed by atoms with Crippen molar-refractivity contribution in [3.05, 3.63) is 63.6 Å². The molecule has 0 saturated heterocycles. The minimum atomic E-state index is 0.0328. The standard InChI is InChI=1S/C23H21Cl2NO2/c1-27-18-4-7-23(8-5-18)14-15-2-3-19(13-21(15)22(23)6-9-26)28-20-11-16(24)10-17(25)12-20/h2-3,6,10-13,18H,4-5,7-8,14H2,1H3/b22-6+. The maximum absolute atomic E-state index is 9.42. The molecule has 0 amide bonds. The second kappa shape index (κ2) is 7.79. The highest BCUT2D eigenvalue weighted by molar-refractivity contribution is 6.34. The van der Waals surface area contributed by atoms with Crippen LogP contribution in [0.1, 0.15) is 36.8 Å². The molecule has 2 aromatic rings. The van der Waals surface area contributed by atoms with Crippen molar-refractivity contribution in [2.24, 2.45) is 5.41 Å². The number of benzene rings is 2. The number of ether oxygens (including phenoxy) is 2. The molecule has 0 atom stereocenters. The normalized spacial score (nSPS) is 24.9. The summed E-state index contributed by atoms with van der Waals surface area (Å²) in [7, 11) is 1.78. The summed E-state index contributed by atoms with van der Waals surface area (Å²) in [6.45, 7) is 0. The zero-order valence-electron chi connectivity index (χ0n) is 15.7. The molecule has 0 radical (unpaired) electrons. The highest BCUT2D eigenvalue weighted by Crippen LogP contribution is 2.55. The smallest absolute Gasteiger partial charge is 0.130 e. The Kier molecular flexibility index (Phi) is 5.38. The first kappa shape index (κ1) is 19.3. The average Bonchev–Trinajstić information content (AvgIpc) is 2.95. The fourth-order valence-corrected chi connectivity index (χ4v) is 5.12. The van der Waals surface area contributed by atoms with Gasteiger partial charge < -0.3 is 9.47 Å². The van der Waals surface area contributed by atoms with E-state index in [0.717, 1.165) is 43.2 Å². The topological polar surface area (TPSA) is 42.2 Å². The molecule has 2 aliphatic carbocycles. The molecule has 1 saturated carbocycles. The molecule has 0 aromatic heterocycles. The van der Waals surface area contributed by atoms with E-state index in [1.54, 1.807) is 31.4 Å². The van der Waals surface area contributed by atoms with Crippen LogP contribution in [-0.4, -0.2) is 13.2 Å². The summed E-state index contributed by atoms with van der Waals surface area (Å²) >= 11 is 12.2. The van der Waals surface area contributed by atoms with Crippen molar-refractivity contribution in [3.8, 4) is 17.6 Å². The minimum Gasteiger partial charge on any atom is -0.457 e. The molecule has 3 nitrogen and oxygen atoms in total. The monoisotopic (exact) mass is 413 g/mol. The zero-order chi connectivity index (χ0) is 19.7.